The lowest BCUT2D eigenvalue weighted by Crippen LogP contribution is -2.22. The highest BCUT2D eigenvalue weighted by Crippen LogP contribution is 2.24. The summed E-state index contributed by atoms with van der Waals surface area (Å²) in [6, 6.07) is 13.9. The molecule has 0 aliphatic carbocycles. The quantitative estimate of drug-likeness (QED) is 0.775. The van der Waals surface area contributed by atoms with Crippen molar-refractivity contribution in [2.75, 3.05) is 7.11 Å². The molecule has 0 radical (unpaired) electrons. The van der Waals surface area contributed by atoms with Crippen molar-refractivity contribution in [3.63, 3.8) is 0 Å². The monoisotopic (exact) mass is 272 g/mol. The summed E-state index contributed by atoms with van der Waals surface area (Å²) in [7, 11) is 1.53. The summed E-state index contributed by atoms with van der Waals surface area (Å²) in [5, 5.41) is 2.23. The third-order valence-corrected chi connectivity index (χ3v) is 3.42. The van der Waals surface area contributed by atoms with Gasteiger partial charge in [0.1, 0.15) is 0 Å². The van der Waals surface area contributed by atoms with Crippen LogP contribution >= 0.6 is 0 Å². The Morgan fingerprint density at radius 3 is 2.50 bits per heavy atom. The van der Waals surface area contributed by atoms with Crippen molar-refractivity contribution in [1.82, 2.24) is 0 Å². The minimum Gasteiger partial charge on any atom is -0.461 e. The molecule has 106 valence electrons. The van der Waals surface area contributed by atoms with Crippen molar-refractivity contribution in [1.29, 1.82) is 0 Å². The number of ether oxygens (including phenoxy) is 2. The molecule has 2 aromatic rings. The molecule has 0 saturated heterocycles. The fourth-order valence-corrected chi connectivity index (χ4v) is 2.08. The molecule has 3 heteroatoms. The van der Waals surface area contributed by atoms with Crippen molar-refractivity contribution < 1.29 is 14.3 Å². The van der Waals surface area contributed by atoms with Crippen LogP contribution in [0.1, 0.15) is 31.9 Å². The number of hydrogen-bond donors (Lipinski definition) is 0. The van der Waals surface area contributed by atoms with Crippen LogP contribution in [0.25, 0.3) is 10.8 Å². The molecule has 2 rings (SSSR count). The first-order valence-corrected chi connectivity index (χ1v) is 6.87. The van der Waals surface area contributed by atoms with Crippen LogP contribution < -0.4 is 0 Å². The maximum Gasteiger partial charge on any atom is 0.340 e. The second-order valence-corrected chi connectivity index (χ2v) is 4.88. The third-order valence-electron chi connectivity index (χ3n) is 3.42. The predicted molar refractivity (Wildman–Crippen MR) is 79.5 cm³/mol. The van der Waals surface area contributed by atoms with Crippen molar-refractivity contribution in [2.24, 2.45) is 0 Å². The van der Waals surface area contributed by atoms with Crippen LogP contribution in [0, 0.1) is 0 Å². The number of carbonyl (C=O) groups excluding carboxylic acids is 1. The van der Waals surface area contributed by atoms with E-state index in [0.29, 0.717) is 0 Å². The molecule has 2 atom stereocenters. The topological polar surface area (TPSA) is 35.5 Å². The standard InChI is InChI=1S/C17H20O3/c1-4-12(2)20-17(18)16(19-3)15-10-9-13-7-5-6-8-14(13)11-15/h5-12,16H,4H2,1-3H3/t12-,16+/m1/s1. The molecule has 3 nitrogen and oxygen atoms in total. The molecule has 2 aromatic carbocycles. The molecule has 0 heterocycles. The van der Waals surface area contributed by atoms with Gasteiger partial charge in [-0.15, -0.1) is 0 Å². The van der Waals surface area contributed by atoms with E-state index < -0.39 is 6.10 Å². The molecule has 0 saturated carbocycles. The van der Waals surface area contributed by atoms with Gasteiger partial charge in [-0.1, -0.05) is 43.3 Å². The largest absolute Gasteiger partial charge is 0.461 e. The molecule has 0 fully saturated rings. The predicted octanol–water partition coefficient (Wildman–Crippen LogP) is 3.87. The average Bonchev–Trinajstić information content (AvgIpc) is 2.47. The Morgan fingerprint density at radius 1 is 1.15 bits per heavy atom. The summed E-state index contributed by atoms with van der Waals surface area (Å²) in [4.78, 5) is 12.1. The van der Waals surface area contributed by atoms with Gasteiger partial charge in [0.15, 0.2) is 6.10 Å². The SMILES string of the molecule is CC[C@@H](C)OC(=O)[C@@H](OC)c1ccc2ccccc2c1. The van der Waals surface area contributed by atoms with Crippen LogP contribution in [0.3, 0.4) is 0 Å². The lowest BCUT2D eigenvalue weighted by Gasteiger charge is -2.18. The van der Waals surface area contributed by atoms with Crippen LogP contribution in [0.4, 0.5) is 0 Å². The average molecular weight is 272 g/mol. The highest BCUT2D eigenvalue weighted by Gasteiger charge is 2.23. The maximum atomic E-state index is 12.1. The number of esters is 1. The van der Waals surface area contributed by atoms with Crippen LogP contribution in [0.15, 0.2) is 42.5 Å². The second kappa shape index (κ2) is 6.53. The number of methoxy groups -OCH3 is 1. The Morgan fingerprint density at radius 2 is 1.85 bits per heavy atom. The first kappa shape index (κ1) is 14.5. The number of fused-ring (bicyclic) bond motifs is 1. The molecule has 0 unspecified atom stereocenters. The fourth-order valence-electron chi connectivity index (χ4n) is 2.08. The van der Waals surface area contributed by atoms with Gasteiger partial charge in [0.2, 0.25) is 0 Å². The fraction of sp³-hybridized carbons (Fsp3) is 0.353. The van der Waals surface area contributed by atoms with E-state index in [9.17, 15) is 4.79 Å². The number of carbonyl (C=O) groups is 1. The van der Waals surface area contributed by atoms with Crippen molar-refractivity contribution in [3.8, 4) is 0 Å². The molecule has 0 amide bonds. The molecule has 0 bridgehead atoms. The summed E-state index contributed by atoms with van der Waals surface area (Å²) in [5.41, 5.74) is 0.819. The molecule has 20 heavy (non-hydrogen) atoms. The number of benzene rings is 2. The Kier molecular flexibility index (Phi) is 4.74. The Bertz CT molecular complexity index is 592. The zero-order valence-electron chi connectivity index (χ0n) is 12.1. The van der Waals surface area contributed by atoms with Crippen molar-refractivity contribution >= 4 is 16.7 Å². The summed E-state index contributed by atoms with van der Waals surface area (Å²) in [5.74, 6) is -0.336. The second-order valence-electron chi connectivity index (χ2n) is 4.88. The van der Waals surface area contributed by atoms with E-state index in [1.165, 1.54) is 7.11 Å². The van der Waals surface area contributed by atoms with Crippen LogP contribution in [0.5, 0.6) is 0 Å². The van der Waals surface area contributed by atoms with Gasteiger partial charge in [-0.25, -0.2) is 4.79 Å². The summed E-state index contributed by atoms with van der Waals surface area (Å²) in [6.45, 7) is 3.86. The van der Waals surface area contributed by atoms with Gasteiger partial charge in [-0.05, 0) is 35.7 Å². The van der Waals surface area contributed by atoms with Crippen molar-refractivity contribution in [3.05, 3.63) is 48.0 Å². The van der Waals surface area contributed by atoms with E-state index in [2.05, 4.69) is 0 Å². The Labute approximate surface area is 119 Å². The minimum absolute atomic E-state index is 0.0967. The van der Waals surface area contributed by atoms with E-state index in [0.717, 1.165) is 22.8 Å². The van der Waals surface area contributed by atoms with Gasteiger partial charge in [0, 0.05) is 7.11 Å². The molecule has 0 aliphatic rings. The van der Waals surface area contributed by atoms with Crippen LogP contribution in [0.2, 0.25) is 0 Å². The highest BCUT2D eigenvalue weighted by atomic mass is 16.6. The molecular formula is C17H20O3. The number of rotatable bonds is 5. The molecule has 0 spiro atoms. The minimum atomic E-state index is -0.673. The molecule has 0 N–H and O–H groups in total. The van der Waals surface area contributed by atoms with Crippen LogP contribution in [-0.2, 0) is 14.3 Å². The Balaban J connectivity index is 2.27. The molecule has 0 aromatic heterocycles. The van der Waals surface area contributed by atoms with E-state index in [1.54, 1.807) is 0 Å². The lowest BCUT2D eigenvalue weighted by atomic mass is 10.0. The van der Waals surface area contributed by atoms with Gasteiger partial charge in [-0.3, -0.25) is 0 Å². The molecular weight excluding hydrogens is 252 g/mol. The normalized spacial score (nSPS) is 13.9. The summed E-state index contributed by atoms with van der Waals surface area (Å²) in [6.07, 6.45) is 0.0223. The maximum absolute atomic E-state index is 12.1. The van der Waals surface area contributed by atoms with E-state index in [4.69, 9.17) is 9.47 Å². The van der Waals surface area contributed by atoms with E-state index in [1.807, 2.05) is 56.3 Å². The van der Waals surface area contributed by atoms with E-state index >= 15 is 0 Å². The van der Waals surface area contributed by atoms with Crippen LogP contribution in [-0.4, -0.2) is 19.2 Å². The van der Waals surface area contributed by atoms with Crippen molar-refractivity contribution in [2.45, 2.75) is 32.5 Å². The summed E-state index contributed by atoms with van der Waals surface area (Å²) >= 11 is 0. The lowest BCUT2D eigenvalue weighted by molar-refractivity contribution is -0.160. The zero-order valence-corrected chi connectivity index (χ0v) is 12.1. The van der Waals surface area contributed by atoms with Gasteiger partial charge in [-0.2, -0.15) is 0 Å². The Hall–Kier alpha value is -1.87. The van der Waals surface area contributed by atoms with Gasteiger partial charge in [0.05, 0.1) is 6.10 Å². The van der Waals surface area contributed by atoms with Gasteiger partial charge in [0.25, 0.3) is 0 Å². The third kappa shape index (κ3) is 3.17. The highest BCUT2D eigenvalue weighted by molar-refractivity contribution is 5.85. The smallest absolute Gasteiger partial charge is 0.340 e. The van der Waals surface area contributed by atoms with Gasteiger partial charge >= 0.3 is 5.97 Å². The van der Waals surface area contributed by atoms with Gasteiger partial charge < -0.3 is 9.47 Å². The summed E-state index contributed by atoms with van der Waals surface area (Å²) < 4.78 is 10.7. The zero-order chi connectivity index (χ0) is 14.5. The molecule has 0 aliphatic heterocycles. The van der Waals surface area contributed by atoms with E-state index in [-0.39, 0.29) is 12.1 Å². The number of hydrogen-bond acceptors (Lipinski definition) is 3. The first-order valence-electron chi connectivity index (χ1n) is 6.87. The first-order chi connectivity index (χ1) is 9.65.